The molecule has 2 aliphatic rings. The topological polar surface area (TPSA) is 129 Å². The zero-order valence-electron chi connectivity index (χ0n) is 20.1. The van der Waals surface area contributed by atoms with Crippen LogP contribution in [0.15, 0.2) is 41.6 Å². The first-order valence-electron chi connectivity index (χ1n) is 11.7. The second-order valence-corrected chi connectivity index (χ2v) is 8.62. The molecule has 2 aromatic heterocycles. The second-order valence-electron chi connectivity index (χ2n) is 8.62. The minimum absolute atomic E-state index is 0.0893. The Labute approximate surface area is 208 Å². The molecule has 1 unspecified atom stereocenters. The van der Waals surface area contributed by atoms with Gasteiger partial charge in [-0.2, -0.15) is 0 Å². The van der Waals surface area contributed by atoms with E-state index in [1.807, 2.05) is 19.1 Å². The van der Waals surface area contributed by atoms with Crippen LogP contribution >= 0.6 is 0 Å². The van der Waals surface area contributed by atoms with Gasteiger partial charge in [-0.05, 0) is 30.7 Å². The van der Waals surface area contributed by atoms with Crippen LogP contribution in [0, 0.1) is 12.7 Å². The number of amidine groups is 1. The first kappa shape index (κ1) is 23.9. The van der Waals surface area contributed by atoms with Gasteiger partial charge in [0.05, 0.1) is 42.4 Å². The number of nitrogens with one attached hydrogen (secondary N) is 2. The van der Waals surface area contributed by atoms with Gasteiger partial charge in [0, 0.05) is 31.1 Å². The van der Waals surface area contributed by atoms with E-state index in [1.165, 1.54) is 12.1 Å². The van der Waals surface area contributed by atoms with Crippen molar-refractivity contribution in [2.45, 2.75) is 25.5 Å². The van der Waals surface area contributed by atoms with Gasteiger partial charge in [-0.3, -0.25) is 0 Å². The van der Waals surface area contributed by atoms with Crippen molar-refractivity contribution in [3.05, 3.63) is 64.7 Å². The van der Waals surface area contributed by atoms with E-state index in [2.05, 4.69) is 30.7 Å². The van der Waals surface area contributed by atoms with E-state index in [0.29, 0.717) is 54.8 Å². The third-order valence-corrected chi connectivity index (χ3v) is 6.15. The van der Waals surface area contributed by atoms with Crippen LogP contribution in [0.1, 0.15) is 28.6 Å². The number of halogens is 1. The van der Waals surface area contributed by atoms with Crippen molar-refractivity contribution in [1.29, 1.82) is 0 Å². The third-order valence-electron chi connectivity index (χ3n) is 6.15. The molecule has 1 saturated heterocycles. The highest BCUT2D eigenvalue weighted by molar-refractivity contribution is 6.01. The molecule has 0 amide bonds. The van der Waals surface area contributed by atoms with Gasteiger partial charge in [0.25, 0.3) is 0 Å². The lowest BCUT2D eigenvalue weighted by molar-refractivity contribution is -0.0304. The summed E-state index contributed by atoms with van der Waals surface area (Å²) in [5.41, 5.74) is 10.2. The summed E-state index contributed by atoms with van der Waals surface area (Å²) in [4.78, 5) is 19.0. The normalized spacial score (nSPS) is 20.5. The fourth-order valence-corrected chi connectivity index (χ4v) is 4.50. The van der Waals surface area contributed by atoms with Gasteiger partial charge in [0.1, 0.15) is 18.5 Å². The lowest BCUT2D eigenvalue weighted by Gasteiger charge is -2.30. The Morgan fingerprint density at radius 2 is 2.11 bits per heavy atom. The summed E-state index contributed by atoms with van der Waals surface area (Å²) < 4.78 is 25.3. The molecule has 0 aliphatic carbocycles. The van der Waals surface area contributed by atoms with Crippen LogP contribution in [0.4, 0.5) is 10.3 Å². The summed E-state index contributed by atoms with van der Waals surface area (Å²) in [7, 11) is 1.54. The summed E-state index contributed by atoms with van der Waals surface area (Å²) in [5, 5.41) is 11.1. The molecule has 0 spiro atoms. The summed E-state index contributed by atoms with van der Waals surface area (Å²) in [5.74, 6) is 0.741. The molecule has 188 valence electrons. The molecule has 36 heavy (non-hydrogen) atoms. The van der Waals surface area contributed by atoms with Gasteiger partial charge in [-0.15, -0.1) is 0 Å². The fourth-order valence-electron chi connectivity index (χ4n) is 4.50. The van der Waals surface area contributed by atoms with E-state index in [0.717, 1.165) is 23.4 Å². The Balaban J connectivity index is 1.51. The third kappa shape index (κ3) is 5.07. The molecule has 10 nitrogen and oxygen atoms in total. The minimum Gasteiger partial charge on any atom is -0.481 e. The Morgan fingerprint density at radius 3 is 2.92 bits per heavy atom. The maximum absolute atomic E-state index is 14.4. The molecule has 11 heteroatoms. The molecule has 4 heterocycles. The Hall–Kier alpha value is -3.83. The number of morpholine rings is 1. The average Bonchev–Trinajstić information content (AvgIpc) is 2.88. The van der Waals surface area contributed by atoms with E-state index < -0.39 is 0 Å². The lowest BCUT2D eigenvalue weighted by atomic mass is 9.90. The van der Waals surface area contributed by atoms with Crippen molar-refractivity contribution < 1.29 is 18.7 Å². The molecule has 0 radical (unpaired) electrons. The zero-order chi connectivity index (χ0) is 25.1. The van der Waals surface area contributed by atoms with Crippen molar-refractivity contribution in [3.8, 4) is 17.1 Å². The number of benzene rings is 1. The quantitative estimate of drug-likeness (QED) is 0.442. The predicted molar refractivity (Wildman–Crippen MR) is 132 cm³/mol. The van der Waals surface area contributed by atoms with Crippen molar-refractivity contribution in [3.63, 3.8) is 0 Å². The number of hydrogen-bond donors (Lipinski definition) is 3. The molecular formula is C25H28FN7O3. The molecule has 3 aromatic rings. The summed E-state index contributed by atoms with van der Waals surface area (Å²) in [6.07, 6.45) is 0.397. The molecule has 2 aliphatic heterocycles. The Morgan fingerprint density at radius 1 is 1.22 bits per heavy atom. The second kappa shape index (κ2) is 10.4. The highest BCUT2D eigenvalue weighted by Crippen LogP contribution is 2.34. The predicted octanol–water partition coefficient (Wildman–Crippen LogP) is 2.13. The van der Waals surface area contributed by atoms with Gasteiger partial charge in [0.15, 0.2) is 5.84 Å². The number of anilines is 1. The van der Waals surface area contributed by atoms with Gasteiger partial charge < -0.3 is 30.7 Å². The van der Waals surface area contributed by atoms with E-state index in [-0.39, 0.29) is 23.9 Å². The summed E-state index contributed by atoms with van der Waals surface area (Å²) >= 11 is 0. The highest BCUT2D eigenvalue weighted by Gasteiger charge is 2.30. The molecule has 0 saturated carbocycles. The SMILES string of the molecule is COc1cccc(-c2cc(F)ccc2[C@H]2Cc3nc(N)nc(C)c3/C(=N/OCC3CNCCO3)N2)n1. The van der Waals surface area contributed by atoms with Gasteiger partial charge in [0.2, 0.25) is 11.8 Å². The van der Waals surface area contributed by atoms with Crippen LogP contribution in [0.5, 0.6) is 5.88 Å². The molecular weight excluding hydrogens is 465 g/mol. The van der Waals surface area contributed by atoms with Crippen molar-refractivity contribution in [1.82, 2.24) is 25.6 Å². The van der Waals surface area contributed by atoms with Crippen molar-refractivity contribution in [2.24, 2.45) is 5.16 Å². The monoisotopic (exact) mass is 493 g/mol. The number of methoxy groups -OCH3 is 1. The van der Waals surface area contributed by atoms with Gasteiger partial charge in [-0.25, -0.2) is 19.3 Å². The van der Waals surface area contributed by atoms with E-state index >= 15 is 0 Å². The number of nitrogens with zero attached hydrogens (tertiary/aromatic N) is 4. The summed E-state index contributed by atoms with van der Waals surface area (Å²) in [6, 6.07) is 9.72. The number of fused-ring (bicyclic) bond motifs is 1. The molecule has 2 atom stereocenters. The average molecular weight is 494 g/mol. The maximum atomic E-state index is 14.4. The van der Waals surface area contributed by atoms with Crippen molar-refractivity contribution in [2.75, 3.05) is 39.1 Å². The number of hydrogen-bond acceptors (Lipinski definition) is 9. The van der Waals surface area contributed by atoms with E-state index in [4.69, 9.17) is 20.0 Å². The number of aromatic nitrogens is 3. The highest BCUT2D eigenvalue weighted by atomic mass is 19.1. The molecule has 5 rings (SSSR count). The first-order chi connectivity index (χ1) is 17.5. The van der Waals surface area contributed by atoms with Crippen LogP contribution < -0.4 is 21.1 Å². The van der Waals surface area contributed by atoms with Crippen LogP contribution in [0.25, 0.3) is 11.3 Å². The number of ether oxygens (including phenoxy) is 2. The number of pyridine rings is 1. The maximum Gasteiger partial charge on any atom is 0.220 e. The number of oxime groups is 1. The lowest BCUT2D eigenvalue weighted by Crippen LogP contribution is -2.41. The van der Waals surface area contributed by atoms with Gasteiger partial charge in [-0.1, -0.05) is 17.3 Å². The number of rotatable bonds is 6. The van der Waals surface area contributed by atoms with Gasteiger partial charge >= 0.3 is 0 Å². The largest absolute Gasteiger partial charge is 0.481 e. The number of aryl methyl sites for hydroxylation is 1. The smallest absolute Gasteiger partial charge is 0.220 e. The molecule has 0 bridgehead atoms. The number of nitrogens with two attached hydrogens (primary N) is 1. The standard InChI is InChI=1S/C25H28FN7O3/c1-14-23-21(32-25(27)29-14)11-20(31-24(23)33-36-13-16-12-28-8-9-35-16)17-7-6-15(26)10-18(17)19-4-3-5-22(30-19)34-2/h3-7,10,16,20,28H,8-9,11-13H2,1-2H3,(H,31,33)(H2,27,29,32)/t16?,20-/m1/s1. The van der Waals surface area contributed by atoms with Crippen LogP contribution in [-0.2, 0) is 16.0 Å². The zero-order valence-corrected chi connectivity index (χ0v) is 20.1. The van der Waals surface area contributed by atoms with E-state index in [1.54, 1.807) is 19.2 Å². The summed E-state index contributed by atoms with van der Waals surface area (Å²) in [6.45, 7) is 4.30. The minimum atomic E-state index is -0.365. The Kier molecular flexibility index (Phi) is 6.92. The molecule has 1 fully saturated rings. The first-order valence-corrected chi connectivity index (χ1v) is 11.7. The van der Waals surface area contributed by atoms with Crippen molar-refractivity contribution >= 4 is 11.8 Å². The van der Waals surface area contributed by atoms with E-state index in [9.17, 15) is 4.39 Å². The molecule has 4 N–H and O–H groups in total. The Bertz CT molecular complexity index is 1280. The van der Waals surface area contributed by atoms with Crippen LogP contribution in [0.2, 0.25) is 0 Å². The van der Waals surface area contributed by atoms with Crippen LogP contribution in [0.3, 0.4) is 0 Å². The fraction of sp³-hybridized carbons (Fsp3) is 0.360. The number of nitrogen functional groups attached to an aromatic ring is 1. The molecule has 1 aromatic carbocycles. The van der Waals surface area contributed by atoms with Crippen LogP contribution in [-0.4, -0.2) is 60.3 Å².